The largest absolute Gasteiger partial charge is 0.370 e. The number of rotatable bonds is 7. The number of hydrogen-bond donors (Lipinski definition) is 1. The van der Waals surface area contributed by atoms with Crippen molar-refractivity contribution in [2.24, 2.45) is 0 Å². The number of nitrogens with one attached hydrogen (secondary N) is 1. The lowest BCUT2D eigenvalue weighted by Crippen LogP contribution is -2.30. The van der Waals surface area contributed by atoms with E-state index in [2.05, 4.69) is 10.3 Å². The lowest BCUT2D eigenvalue weighted by Gasteiger charge is -2.21. The summed E-state index contributed by atoms with van der Waals surface area (Å²) in [7, 11) is 0. The fourth-order valence-electron chi connectivity index (χ4n) is 3.05. The molecule has 0 fully saturated rings. The zero-order valence-electron chi connectivity index (χ0n) is 16.2. The van der Waals surface area contributed by atoms with Crippen LogP contribution in [0.4, 0.5) is 15.9 Å². The van der Waals surface area contributed by atoms with Crippen LogP contribution in [0.15, 0.2) is 66.9 Å². The van der Waals surface area contributed by atoms with E-state index in [9.17, 15) is 9.18 Å². The number of amides is 1. The Hall–Kier alpha value is -3.21. The Labute approximate surface area is 165 Å². The number of carbonyl (C=O) groups is 1. The van der Waals surface area contributed by atoms with Gasteiger partial charge in [-0.25, -0.2) is 9.37 Å². The second-order valence-corrected chi connectivity index (χ2v) is 6.59. The number of nitrogens with zero attached hydrogens (tertiary/aromatic N) is 2. The van der Waals surface area contributed by atoms with Gasteiger partial charge in [0.25, 0.3) is 5.91 Å². The summed E-state index contributed by atoms with van der Waals surface area (Å²) in [6.07, 6.45) is 2.14. The van der Waals surface area contributed by atoms with Crippen molar-refractivity contribution < 1.29 is 9.18 Å². The molecule has 5 heteroatoms. The van der Waals surface area contributed by atoms with Gasteiger partial charge in [-0.05, 0) is 61.7 Å². The highest BCUT2D eigenvalue weighted by molar-refractivity contribution is 6.06. The maximum absolute atomic E-state index is 13.6. The van der Waals surface area contributed by atoms with E-state index in [-0.39, 0.29) is 11.7 Å². The van der Waals surface area contributed by atoms with Crippen molar-refractivity contribution in [3.63, 3.8) is 0 Å². The third-order valence-electron chi connectivity index (χ3n) is 4.54. The van der Waals surface area contributed by atoms with Crippen molar-refractivity contribution in [1.82, 2.24) is 4.98 Å². The molecule has 4 nitrogen and oxygen atoms in total. The van der Waals surface area contributed by atoms with Crippen LogP contribution >= 0.6 is 0 Å². The molecule has 28 heavy (non-hydrogen) atoms. The molecule has 2 aromatic carbocycles. The first-order chi connectivity index (χ1) is 13.6. The van der Waals surface area contributed by atoms with E-state index < -0.39 is 0 Å². The number of pyridine rings is 1. The molecule has 0 aliphatic rings. The van der Waals surface area contributed by atoms with E-state index in [1.165, 1.54) is 6.07 Å². The van der Waals surface area contributed by atoms with E-state index in [0.717, 1.165) is 11.3 Å². The lowest BCUT2D eigenvalue weighted by molar-refractivity contribution is 0.0988. The van der Waals surface area contributed by atoms with Crippen molar-refractivity contribution in [3.8, 4) is 0 Å². The molecular weight excluding hydrogens is 353 g/mol. The Morgan fingerprint density at radius 3 is 2.61 bits per heavy atom. The van der Waals surface area contributed by atoms with Crippen LogP contribution < -0.4 is 10.2 Å². The number of halogens is 1. The Morgan fingerprint density at radius 2 is 1.93 bits per heavy atom. The van der Waals surface area contributed by atoms with E-state index in [1.54, 1.807) is 35.4 Å². The monoisotopic (exact) mass is 377 g/mol. The van der Waals surface area contributed by atoms with Crippen LogP contribution in [0.2, 0.25) is 0 Å². The Kier molecular flexibility index (Phi) is 6.37. The van der Waals surface area contributed by atoms with E-state index >= 15 is 0 Å². The molecule has 3 aromatic rings. The van der Waals surface area contributed by atoms with E-state index in [1.807, 2.05) is 44.2 Å². The summed E-state index contributed by atoms with van der Waals surface area (Å²) < 4.78 is 13.6. The molecule has 144 valence electrons. The van der Waals surface area contributed by atoms with Gasteiger partial charge in [-0.1, -0.05) is 30.3 Å². The summed E-state index contributed by atoms with van der Waals surface area (Å²) in [6, 6.07) is 18.2. The Morgan fingerprint density at radius 1 is 1.11 bits per heavy atom. The molecule has 0 aliphatic heterocycles. The number of aryl methyl sites for hydroxylation is 1. The van der Waals surface area contributed by atoms with Crippen LogP contribution in [-0.2, 0) is 6.42 Å². The van der Waals surface area contributed by atoms with E-state index in [0.29, 0.717) is 36.5 Å². The van der Waals surface area contributed by atoms with Crippen molar-refractivity contribution in [3.05, 3.63) is 89.4 Å². The summed E-state index contributed by atoms with van der Waals surface area (Å²) in [4.78, 5) is 18.9. The van der Waals surface area contributed by atoms with Gasteiger partial charge in [-0.3, -0.25) is 4.79 Å². The summed E-state index contributed by atoms with van der Waals surface area (Å²) in [6.45, 7) is 5.09. The van der Waals surface area contributed by atoms with Crippen molar-refractivity contribution >= 4 is 17.4 Å². The van der Waals surface area contributed by atoms with Crippen LogP contribution in [0.25, 0.3) is 0 Å². The SMILES string of the molecule is CCN(C(=O)c1ccc(NCCc2ccccc2F)nc1)c1cccc(C)c1. The van der Waals surface area contributed by atoms with Gasteiger partial charge in [0, 0.05) is 25.0 Å². The second-order valence-electron chi connectivity index (χ2n) is 6.59. The zero-order chi connectivity index (χ0) is 19.9. The maximum Gasteiger partial charge on any atom is 0.259 e. The summed E-state index contributed by atoms with van der Waals surface area (Å²) >= 11 is 0. The maximum atomic E-state index is 13.6. The Bertz CT molecular complexity index is 941. The minimum atomic E-state index is -0.200. The molecule has 1 amide bonds. The minimum absolute atomic E-state index is 0.0847. The molecule has 0 aliphatic carbocycles. The van der Waals surface area contributed by atoms with Crippen LogP contribution in [0.5, 0.6) is 0 Å². The van der Waals surface area contributed by atoms with Crippen molar-refractivity contribution in [2.45, 2.75) is 20.3 Å². The van der Waals surface area contributed by atoms with Gasteiger partial charge in [0.15, 0.2) is 0 Å². The molecular formula is C23H24FN3O. The van der Waals surface area contributed by atoms with Crippen LogP contribution in [0, 0.1) is 12.7 Å². The predicted octanol–water partition coefficient (Wildman–Crippen LogP) is 4.85. The summed E-state index contributed by atoms with van der Waals surface area (Å²) in [5, 5.41) is 3.17. The molecule has 0 bridgehead atoms. The van der Waals surface area contributed by atoms with E-state index in [4.69, 9.17) is 0 Å². The molecule has 0 atom stereocenters. The first kappa shape index (κ1) is 19.5. The molecule has 1 N–H and O–H groups in total. The lowest BCUT2D eigenvalue weighted by atomic mass is 10.1. The van der Waals surface area contributed by atoms with Gasteiger partial charge in [0.05, 0.1) is 5.56 Å². The normalized spacial score (nSPS) is 10.5. The van der Waals surface area contributed by atoms with Crippen LogP contribution in [0.1, 0.15) is 28.4 Å². The highest BCUT2D eigenvalue weighted by atomic mass is 19.1. The number of benzene rings is 2. The molecule has 0 saturated heterocycles. The molecule has 3 rings (SSSR count). The average Bonchev–Trinajstić information content (AvgIpc) is 2.70. The third kappa shape index (κ3) is 4.74. The molecule has 0 saturated carbocycles. The quantitative estimate of drug-likeness (QED) is 0.640. The highest BCUT2D eigenvalue weighted by Gasteiger charge is 2.16. The van der Waals surface area contributed by atoms with Gasteiger partial charge < -0.3 is 10.2 Å². The minimum Gasteiger partial charge on any atom is -0.370 e. The Balaban J connectivity index is 1.63. The number of carbonyl (C=O) groups excluding carboxylic acids is 1. The third-order valence-corrected chi connectivity index (χ3v) is 4.54. The average molecular weight is 377 g/mol. The van der Waals surface area contributed by atoms with Gasteiger partial charge in [-0.15, -0.1) is 0 Å². The van der Waals surface area contributed by atoms with Gasteiger partial charge >= 0.3 is 0 Å². The van der Waals surface area contributed by atoms with Crippen molar-refractivity contribution in [2.75, 3.05) is 23.3 Å². The first-order valence-electron chi connectivity index (χ1n) is 9.40. The molecule has 0 unspecified atom stereocenters. The van der Waals surface area contributed by atoms with Gasteiger partial charge in [0.2, 0.25) is 0 Å². The number of anilines is 2. The topological polar surface area (TPSA) is 45.2 Å². The summed E-state index contributed by atoms with van der Waals surface area (Å²) in [5.41, 5.74) is 3.18. The molecule has 1 heterocycles. The predicted molar refractivity (Wildman–Crippen MR) is 111 cm³/mol. The van der Waals surface area contributed by atoms with Crippen molar-refractivity contribution in [1.29, 1.82) is 0 Å². The fourth-order valence-corrected chi connectivity index (χ4v) is 3.05. The first-order valence-corrected chi connectivity index (χ1v) is 9.40. The number of hydrogen-bond acceptors (Lipinski definition) is 3. The van der Waals surface area contributed by atoms with Gasteiger partial charge in [-0.2, -0.15) is 0 Å². The molecule has 1 aromatic heterocycles. The van der Waals surface area contributed by atoms with Crippen LogP contribution in [-0.4, -0.2) is 24.0 Å². The van der Waals surface area contributed by atoms with Gasteiger partial charge in [0.1, 0.15) is 11.6 Å². The fraction of sp³-hybridized carbons (Fsp3) is 0.217. The summed E-state index contributed by atoms with van der Waals surface area (Å²) in [5.74, 6) is 0.374. The molecule has 0 spiro atoms. The zero-order valence-corrected chi connectivity index (χ0v) is 16.2. The highest BCUT2D eigenvalue weighted by Crippen LogP contribution is 2.19. The number of aromatic nitrogens is 1. The van der Waals surface area contributed by atoms with Crippen LogP contribution in [0.3, 0.4) is 0 Å². The smallest absolute Gasteiger partial charge is 0.259 e. The second kappa shape index (κ2) is 9.13. The standard InChI is InChI=1S/C23H24FN3O/c1-3-27(20-9-6-7-17(2)15-20)23(28)19-11-12-22(26-16-19)25-14-13-18-8-4-5-10-21(18)24/h4-12,15-16H,3,13-14H2,1-2H3,(H,25,26). The molecule has 0 radical (unpaired) electrons.